The molecule has 0 unspecified atom stereocenters. The molecule has 0 N–H and O–H groups in total. The van der Waals surface area contributed by atoms with E-state index in [-0.39, 0.29) is 104 Å². The number of hydrogen-bond donors (Lipinski definition) is 0. The van der Waals surface area contributed by atoms with Crippen molar-refractivity contribution in [2.75, 3.05) is 39.3 Å². The maximum Gasteiger partial charge on any atom is 2.00 e. The second-order valence-electron chi connectivity index (χ2n) is 3.91. The van der Waals surface area contributed by atoms with E-state index in [1.54, 1.807) is 0 Å². The molecule has 0 aromatic carbocycles. The zero-order valence-electron chi connectivity index (χ0n) is 11.8. The number of carboxylic acids is 4. The normalized spacial score (nSPS) is 9.73. The number of aliphatic carboxylic acids is 4. The van der Waals surface area contributed by atoms with Crippen molar-refractivity contribution in [1.29, 1.82) is 0 Å². The van der Waals surface area contributed by atoms with Gasteiger partial charge in [0.1, 0.15) is 0 Å². The fraction of sp³-hybridized carbons (Fsp3) is 0.600. The van der Waals surface area contributed by atoms with Crippen LogP contribution in [-0.4, -0.2) is 164 Å². The Morgan fingerprint density at radius 2 is 0.727 bits per heavy atom. The molecule has 0 saturated heterocycles. The summed E-state index contributed by atoms with van der Waals surface area (Å²) in [6.07, 6.45) is 0. The summed E-state index contributed by atoms with van der Waals surface area (Å²) in [5.74, 6) is -6.12. The molecule has 0 atom stereocenters. The summed E-state index contributed by atoms with van der Waals surface area (Å²) >= 11 is 0. The van der Waals surface area contributed by atoms with Gasteiger partial charge in [-0.2, -0.15) is 0 Å². The molecular formula is C10H12N2O8Sr2. The summed E-state index contributed by atoms with van der Waals surface area (Å²) in [5, 5.41) is 41.6. The van der Waals surface area contributed by atoms with Gasteiger partial charge in [0, 0.05) is 39.3 Å². The van der Waals surface area contributed by atoms with Crippen molar-refractivity contribution < 1.29 is 39.6 Å². The van der Waals surface area contributed by atoms with E-state index in [0.717, 1.165) is 9.80 Å². The fourth-order valence-corrected chi connectivity index (χ4v) is 1.44. The minimum absolute atomic E-state index is 0. The van der Waals surface area contributed by atoms with E-state index in [1.165, 1.54) is 0 Å². The Labute approximate surface area is 200 Å². The third-order valence-corrected chi connectivity index (χ3v) is 2.14. The first-order valence-corrected chi connectivity index (χ1v) is 5.44. The van der Waals surface area contributed by atoms with Crippen LogP contribution in [0, 0.1) is 0 Å². The van der Waals surface area contributed by atoms with Gasteiger partial charge in [0.05, 0.1) is 23.9 Å². The van der Waals surface area contributed by atoms with E-state index in [1.807, 2.05) is 0 Å². The van der Waals surface area contributed by atoms with E-state index < -0.39 is 50.1 Å². The molecule has 0 spiro atoms. The molecule has 0 fully saturated rings. The van der Waals surface area contributed by atoms with Crippen molar-refractivity contribution in [3.05, 3.63) is 0 Å². The van der Waals surface area contributed by atoms with E-state index in [9.17, 15) is 39.6 Å². The van der Waals surface area contributed by atoms with Crippen LogP contribution in [0.2, 0.25) is 0 Å². The van der Waals surface area contributed by atoms with Gasteiger partial charge in [0.15, 0.2) is 0 Å². The topological polar surface area (TPSA) is 167 Å². The summed E-state index contributed by atoms with van der Waals surface area (Å²) < 4.78 is 0. The smallest absolute Gasteiger partial charge is 0.549 e. The third kappa shape index (κ3) is 17.1. The van der Waals surface area contributed by atoms with Gasteiger partial charge < -0.3 is 39.6 Å². The molecule has 0 aliphatic rings. The van der Waals surface area contributed by atoms with Crippen LogP contribution in [0.15, 0.2) is 0 Å². The number of carbonyl (C=O) groups excluding carboxylic acids is 4. The summed E-state index contributed by atoms with van der Waals surface area (Å²) in [4.78, 5) is 43.4. The number of hydrogen-bond acceptors (Lipinski definition) is 10. The molecule has 12 heteroatoms. The largest absolute Gasteiger partial charge is 2.00 e. The van der Waals surface area contributed by atoms with Gasteiger partial charge in [0.2, 0.25) is 0 Å². The summed E-state index contributed by atoms with van der Waals surface area (Å²) in [6, 6.07) is 0. The average Bonchev–Trinajstić information content (AvgIpc) is 2.22. The van der Waals surface area contributed by atoms with Crippen LogP contribution in [0.5, 0.6) is 0 Å². The van der Waals surface area contributed by atoms with Gasteiger partial charge in [0.25, 0.3) is 0 Å². The first-order valence-electron chi connectivity index (χ1n) is 5.44. The third-order valence-electron chi connectivity index (χ3n) is 2.14. The van der Waals surface area contributed by atoms with Gasteiger partial charge in [-0.05, 0) is 0 Å². The van der Waals surface area contributed by atoms with Gasteiger partial charge in [-0.1, -0.05) is 0 Å². The maximum atomic E-state index is 10.4. The molecule has 0 aliphatic heterocycles. The van der Waals surface area contributed by atoms with Crippen LogP contribution in [0.3, 0.4) is 0 Å². The van der Waals surface area contributed by atoms with Crippen LogP contribution in [-0.2, 0) is 19.2 Å². The Bertz CT molecular complexity index is 325. The molecule has 114 valence electrons. The predicted octanol–water partition coefficient (Wildman–Crippen LogP) is -8.17. The zero-order chi connectivity index (χ0) is 15.7. The summed E-state index contributed by atoms with van der Waals surface area (Å²) in [7, 11) is 0. The van der Waals surface area contributed by atoms with Crippen LogP contribution < -0.4 is 20.4 Å². The quantitative estimate of drug-likeness (QED) is 0.268. The Morgan fingerprint density at radius 3 is 0.864 bits per heavy atom. The Balaban J connectivity index is -0.00000180. The van der Waals surface area contributed by atoms with E-state index in [2.05, 4.69) is 0 Å². The van der Waals surface area contributed by atoms with Crippen molar-refractivity contribution in [2.24, 2.45) is 0 Å². The van der Waals surface area contributed by atoms with Crippen LogP contribution in [0.25, 0.3) is 0 Å². The molecule has 0 aromatic rings. The van der Waals surface area contributed by atoms with Crippen molar-refractivity contribution in [1.82, 2.24) is 9.80 Å². The average molecular weight is 463 g/mol. The molecule has 0 saturated carbocycles. The minimum Gasteiger partial charge on any atom is -0.549 e. The van der Waals surface area contributed by atoms with Gasteiger partial charge >= 0.3 is 91.0 Å². The van der Waals surface area contributed by atoms with Gasteiger partial charge in [-0.25, -0.2) is 0 Å². The second kappa shape index (κ2) is 15.3. The Kier molecular flexibility index (Phi) is 19.2. The number of nitrogens with zero attached hydrogens (tertiary/aromatic N) is 2. The molecule has 22 heavy (non-hydrogen) atoms. The van der Waals surface area contributed by atoms with Crippen molar-refractivity contribution >= 4 is 115 Å². The van der Waals surface area contributed by atoms with Gasteiger partial charge in [-0.3, -0.25) is 9.80 Å². The summed E-state index contributed by atoms with van der Waals surface area (Å²) in [5.41, 5.74) is 0. The minimum atomic E-state index is -1.53. The molecular weight excluding hydrogens is 451 g/mol. The monoisotopic (exact) mass is 464 g/mol. The Morgan fingerprint density at radius 1 is 0.545 bits per heavy atom. The molecule has 0 bridgehead atoms. The van der Waals surface area contributed by atoms with Gasteiger partial charge in [-0.15, -0.1) is 0 Å². The second-order valence-corrected chi connectivity index (χ2v) is 3.91. The molecule has 0 aliphatic carbocycles. The summed E-state index contributed by atoms with van der Waals surface area (Å²) in [6.45, 7) is -3.25. The molecule has 0 rings (SSSR count). The molecule has 0 radical (unpaired) electrons. The van der Waals surface area contributed by atoms with Crippen molar-refractivity contribution in [3.63, 3.8) is 0 Å². The van der Waals surface area contributed by atoms with E-state index in [4.69, 9.17) is 0 Å². The fourth-order valence-electron chi connectivity index (χ4n) is 1.44. The molecule has 10 nitrogen and oxygen atoms in total. The Hall–Kier alpha value is 0.761. The molecule has 0 aromatic heterocycles. The zero-order valence-corrected chi connectivity index (χ0v) is 18.8. The molecule has 0 amide bonds. The SMILES string of the molecule is O=C([O-])CN(CCN(CC(=O)[O-])CC(=O)[O-])CC(=O)[O-].[Sr+2].[Sr+2]. The van der Waals surface area contributed by atoms with E-state index in [0.29, 0.717) is 0 Å². The first kappa shape index (κ1) is 27.6. The van der Waals surface area contributed by atoms with Crippen LogP contribution in [0.1, 0.15) is 0 Å². The van der Waals surface area contributed by atoms with Crippen molar-refractivity contribution in [2.45, 2.75) is 0 Å². The van der Waals surface area contributed by atoms with Crippen LogP contribution in [0.4, 0.5) is 0 Å². The van der Waals surface area contributed by atoms with Crippen molar-refractivity contribution in [3.8, 4) is 0 Å². The number of rotatable bonds is 11. The standard InChI is InChI=1S/C10H16N2O8.2Sr/c13-7(14)3-11(4-8(15)16)1-2-12(5-9(17)18)6-10(19)20;;/h1-6H2,(H,13,14)(H,15,16)(H,17,18)(H,19,20);;/q;2*+2/p-4. The molecule has 0 heterocycles. The number of carboxylic acid groups (broad SMARTS) is 4. The van der Waals surface area contributed by atoms with Crippen LogP contribution >= 0.6 is 0 Å². The maximum absolute atomic E-state index is 10.4. The number of carbonyl (C=O) groups is 4. The van der Waals surface area contributed by atoms with E-state index >= 15 is 0 Å². The predicted molar refractivity (Wildman–Crippen MR) is 64.4 cm³/mol. The first-order chi connectivity index (χ1) is 9.20.